The van der Waals surface area contributed by atoms with Gasteiger partial charge in [0, 0.05) is 32.7 Å². The molecule has 1 amide bonds. The zero-order valence-corrected chi connectivity index (χ0v) is 17.2. The van der Waals surface area contributed by atoms with Crippen LogP contribution in [0.4, 0.5) is 10.1 Å². The highest BCUT2D eigenvalue weighted by Gasteiger charge is 2.20. The number of piperazine rings is 1. The van der Waals surface area contributed by atoms with Gasteiger partial charge < -0.3 is 14.8 Å². The van der Waals surface area contributed by atoms with Crippen molar-refractivity contribution >= 4 is 11.6 Å². The van der Waals surface area contributed by atoms with Gasteiger partial charge in [0.05, 0.1) is 26.5 Å². The summed E-state index contributed by atoms with van der Waals surface area (Å²) in [5.41, 5.74) is 2.59. The van der Waals surface area contributed by atoms with Gasteiger partial charge in [0.1, 0.15) is 5.82 Å². The van der Waals surface area contributed by atoms with Crippen LogP contribution >= 0.6 is 0 Å². The van der Waals surface area contributed by atoms with Gasteiger partial charge in [-0.3, -0.25) is 14.6 Å². The summed E-state index contributed by atoms with van der Waals surface area (Å²) >= 11 is 0. The molecule has 0 saturated carbocycles. The summed E-state index contributed by atoms with van der Waals surface area (Å²) in [4.78, 5) is 16.7. The van der Waals surface area contributed by atoms with Crippen LogP contribution in [0.3, 0.4) is 0 Å². The van der Waals surface area contributed by atoms with Crippen LogP contribution in [0.5, 0.6) is 11.5 Å². The molecule has 1 heterocycles. The van der Waals surface area contributed by atoms with Crippen molar-refractivity contribution in [1.29, 1.82) is 0 Å². The molecule has 2 aromatic carbocycles. The zero-order chi connectivity index (χ0) is 20.8. The fourth-order valence-corrected chi connectivity index (χ4v) is 3.49. The minimum absolute atomic E-state index is 0.195. The van der Waals surface area contributed by atoms with E-state index in [1.807, 2.05) is 12.1 Å². The Hall–Kier alpha value is -2.64. The lowest BCUT2D eigenvalue weighted by molar-refractivity contribution is -0.117. The molecule has 1 N–H and O–H groups in total. The summed E-state index contributed by atoms with van der Waals surface area (Å²) in [6.45, 7) is 6.45. The van der Waals surface area contributed by atoms with E-state index in [0.717, 1.165) is 49.8 Å². The second-order valence-electron chi connectivity index (χ2n) is 7.21. The Bertz CT molecular complexity index is 851. The van der Waals surface area contributed by atoms with Crippen molar-refractivity contribution < 1.29 is 18.7 Å². The van der Waals surface area contributed by atoms with Crippen LogP contribution in [0.2, 0.25) is 0 Å². The van der Waals surface area contributed by atoms with E-state index in [1.165, 1.54) is 11.6 Å². The SMILES string of the molecule is COc1cc(C)c(CN2CCN(CC(=O)Nc3ccccc3F)CC2)cc1OC. The monoisotopic (exact) mass is 401 g/mol. The number of halogens is 1. The first kappa shape index (κ1) is 21.1. The number of hydrogen-bond donors (Lipinski definition) is 1. The minimum atomic E-state index is -0.420. The summed E-state index contributed by atoms with van der Waals surface area (Å²) in [5.74, 6) is 0.853. The van der Waals surface area contributed by atoms with Crippen molar-refractivity contribution in [3.8, 4) is 11.5 Å². The van der Waals surface area contributed by atoms with Gasteiger partial charge in [0.15, 0.2) is 11.5 Å². The smallest absolute Gasteiger partial charge is 0.238 e. The number of para-hydroxylation sites is 1. The molecule has 0 unspecified atom stereocenters. The molecule has 29 heavy (non-hydrogen) atoms. The summed E-state index contributed by atoms with van der Waals surface area (Å²) in [6, 6.07) is 10.2. The Morgan fingerprint density at radius 2 is 1.66 bits per heavy atom. The number of rotatable bonds is 7. The molecular formula is C22H28FN3O3. The van der Waals surface area contributed by atoms with E-state index in [0.29, 0.717) is 0 Å². The predicted molar refractivity (Wildman–Crippen MR) is 111 cm³/mol. The second-order valence-corrected chi connectivity index (χ2v) is 7.21. The molecule has 1 aliphatic rings. The Morgan fingerprint density at radius 1 is 1.03 bits per heavy atom. The second kappa shape index (κ2) is 9.71. The molecule has 1 aliphatic heterocycles. The number of amides is 1. The van der Waals surface area contributed by atoms with Gasteiger partial charge in [-0.1, -0.05) is 12.1 Å². The third-order valence-corrected chi connectivity index (χ3v) is 5.22. The molecule has 0 aliphatic carbocycles. The Kier molecular flexibility index (Phi) is 7.06. The first-order valence-electron chi connectivity index (χ1n) is 9.70. The number of methoxy groups -OCH3 is 2. The highest BCUT2D eigenvalue weighted by molar-refractivity contribution is 5.92. The summed E-state index contributed by atoms with van der Waals surface area (Å²) in [7, 11) is 3.28. The van der Waals surface area contributed by atoms with E-state index in [-0.39, 0.29) is 18.1 Å². The van der Waals surface area contributed by atoms with Crippen LogP contribution in [0.25, 0.3) is 0 Å². The Labute approximate surface area is 171 Å². The lowest BCUT2D eigenvalue weighted by Gasteiger charge is -2.34. The van der Waals surface area contributed by atoms with E-state index in [9.17, 15) is 9.18 Å². The van der Waals surface area contributed by atoms with Gasteiger partial charge in [-0.2, -0.15) is 0 Å². The van der Waals surface area contributed by atoms with E-state index in [4.69, 9.17) is 9.47 Å². The van der Waals surface area contributed by atoms with E-state index in [1.54, 1.807) is 32.4 Å². The molecule has 0 radical (unpaired) electrons. The highest BCUT2D eigenvalue weighted by Crippen LogP contribution is 2.31. The van der Waals surface area contributed by atoms with Crippen LogP contribution in [0, 0.1) is 12.7 Å². The number of benzene rings is 2. The van der Waals surface area contributed by atoms with Crippen LogP contribution in [-0.2, 0) is 11.3 Å². The van der Waals surface area contributed by atoms with Gasteiger partial charge in [-0.25, -0.2) is 4.39 Å². The van der Waals surface area contributed by atoms with Crippen LogP contribution in [-0.4, -0.2) is 62.7 Å². The van der Waals surface area contributed by atoms with Gasteiger partial charge in [0.2, 0.25) is 5.91 Å². The number of hydrogen-bond acceptors (Lipinski definition) is 5. The number of ether oxygens (including phenoxy) is 2. The molecule has 0 spiro atoms. The Balaban J connectivity index is 1.51. The van der Waals surface area contributed by atoms with Gasteiger partial charge in [-0.15, -0.1) is 0 Å². The van der Waals surface area contributed by atoms with Crippen molar-refractivity contribution in [1.82, 2.24) is 9.80 Å². The molecule has 0 atom stereocenters. The number of carbonyl (C=O) groups is 1. The first-order chi connectivity index (χ1) is 14.0. The fourth-order valence-electron chi connectivity index (χ4n) is 3.49. The summed E-state index contributed by atoms with van der Waals surface area (Å²) in [6.07, 6.45) is 0. The van der Waals surface area contributed by atoms with E-state index < -0.39 is 5.82 Å². The highest BCUT2D eigenvalue weighted by atomic mass is 19.1. The molecule has 1 saturated heterocycles. The van der Waals surface area contributed by atoms with Crippen LogP contribution in [0.15, 0.2) is 36.4 Å². The largest absolute Gasteiger partial charge is 0.493 e. The Morgan fingerprint density at radius 3 is 2.31 bits per heavy atom. The van der Waals surface area contributed by atoms with Crippen molar-refractivity contribution in [2.24, 2.45) is 0 Å². The third kappa shape index (κ3) is 5.46. The maximum Gasteiger partial charge on any atom is 0.238 e. The van der Waals surface area contributed by atoms with Crippen LogP contribution < -0.4 is 14.8 Å². The van der Waals surface area contributed by atoms with Gasteiger partial charge in [-0.05, 0) is 42.3 Å². The number of anilines is 1. The van der Waals surface area contributed by atoms with Crippen molar-refractivity contribution in [3.63, 3.8) is 0 Å². The average Bonchev–Trinajstić information content (AvgIpc) is 2.72. The number of nitrogens with one attached hydrogen (secondary N) is 1. The molecule has 0 bridgehead atoms. The van der Waals surface area contributed by atoms with Crippen molar-refractivity contribution in [2.75, 3.05) is 52.3 Å². The number of nitrogens with zero attached hydrogens (tertiary/aromatic N) is 2. The lowest BCUT2D eigenvalue weighted by atomic mass is 10.1. The quantitative estimate of drug-likeness (QED) is 0.773. The molecule has 1 fully saturated rings. The average molecular weight is 401 g/mol. The number of carbonyl (C=O) groups excluding carboxylic acids is 1. The molecule has 0 aromatic heterocycles. The summed E-state index contributed by atoms with van der Waals surface area (Å²) in [5, 5.41) is 2.64. The maximum absolute atomic E-state index is 13.7. The van der Waals surface area contributed by atoms with Gasteiger partial charge >= 0.3 is 0 Å². The molecular weight excluding hydrogens is 373 g/mol. The summed E-state index contributed by atoms with van der Waals surface area (Å²) < 4.78 is 24.4. The van der Waals surface area contributed by atoms with E-state index >= 15 is 0 Å². The standard InChI is InChI=1S/C22H28FN3O3/c1-16-12-20(28-2)21(29-3)13-17(16)14-25-8-10-26(11-9-25)15-22(27)24-19-7-5-4-6-18(19)23/h4-7,12-13H,8-11,14-15H2,1-3H3,(H,24,27). The lowest BCUT2D eigenvalue weighted by Crippen LogP contribution is -2.48. The normalized spacial score (nSPS) is 15.2. The van der Waals surface area contributed by atoms with Crippen LogP contribution in [0.1, 0.15) is 11.1 Å². The molecule has 6 nitrogen and oxygen atoms in total. The van der Waals surface area contributed by atoms with Crippen molar-refractivity contribution in [3.05, 3.63) is 53.3 Å². The first-order valence-corrected chi connectivity index (χ1v) is 9.70. The topological polar surface area (TPSA) is 54.0 Å². The minimum Gasteiger partial charge on any atom is -0.493 e. The van der Waals surface area contributed by atoms with Gasteiger partial charge in [0.25, 0.3) is 0 Å². The van der Waals surface area contributed by atoms with Crippen molar-refractivity contribution in [2.45, 2.75) is 13.5 Å². The number of aryl methyl sites for hydroxylation is 1. The molecule has 7 heteroatoms. The molecule has 156 valence electrons. The third-order valence-electron chi connectivity index (χ3n) is 5.22. The zero-order valence-electron chi connectivity index (χ0n) is 17.2. The van der Waals surface area contributed by atoms with E-state index in [2.05, 4.69) is 22.0 Å². The maximum atomic E-state index is 13.7. The molecule has 2 aromatic rings. The predicted octanol–water partition coefficient (Wildman–Crippen LogP) is 2.91. The molecule has 3 rings (SSSR count). The fraction of sp³-hybridized carbons (Fsp3) is 0.409.